The molecular formula is C10H10N2O3S. The van der Waals surface area contributed by atoms with Crippen LogP contribution in [0.2, 0.25) is 0 Å². The van der Waals surface area contributed by atoms with Gasteiger partial charge in [-0.15, -0.1) is 11.3 Å². The topological polar surface area (TPSA) is 67.3 Å². The number of carbonyl (C=O) groups is 3. The summed E-state index contributed by atoms with van der Waals surface area (Å²) in [6.07, 6.45) is 0.216. The van der Waals surface area contributed by atoms with Crippen molar-refractivity contribution >= 4 is 34.1 Å². The lowest BCUT2D eigenvalue weighted by Gasteiger charge is -2.09. The third kappa shape index (κ3) is 1.65. The van der Waals surface area contributed by atoms with Gasteiger partial charge in [-0.05, 0) is 0 Å². The summed E-state index contributed by atoms with van der Waals surface area (Å²) >= 11 is 1.14. The molecule has 1 aliphatic rings. The fourth-order valence-corrected chi connectivity index (χ4v) is 2.40. The summed E-state index contributed by atoms with van der Waals surface area (Å²) in [6.45, 7) is 3.11. The van der Waals surface area contributed by atoms with Crippen LogP contribution >= 0.6 is 11.3 Å². The van der Waals surface area contributed by atoms with Crippen LogP contribution in [0.5, 0.6) is 0 Å². The summed E-state index contributed by atoms with van der Waals surface area (Å²) in [5, 5.41) is 1.85. The average Bonchev–Trinajstić information content (AvgIpc) is 2.74. The summed E-state index contributed by atoms with van der Waals surface area (Å²) < 4.78 is 0. The fraction of sp³-hybridized carbons (Fsp3) is 0.400. The van der Waals surface area contributed by atoms with Crippen molar-refractivity contribution in [1.29, 1.82) is 0 Å². The highest BCUT2D eigenvalue weighted by Crippen LogP contribution is 2.28. The summed E-state index contributed by atoms with van der Waals surface area (Å²) in [5.74, 6) is -0.955. The first-order valence-corrected chi connectivity index (χ1v) is 5.72. The molecule has 0 saturated carbocycles. The number of thiazole rings is 1. The zero-order chi connectivity index (χ0) is 11.9. The lowest BCUT2D eigenvalue weighted by atomic mass is 10.1. The SMILES string of the molecule is CC(=O)c1csc(N2C(=O)CC(C)C2=O)n1. The van der Waals surface area contributed by atoms with Gasteiger partial charge in [0.2, 0.25) is 11.8 Å². The first-order valence-electron chi connectivity index (χ1n) is 4.84. The van der Waals surface area contributed by atoms with Gasteiger partial charge in [-0.3, -0.25) is 14.4 Å². The Labute approximate surface area is 96.1 Å². The van der Waals surface area contributed by atoms with E-state index in [9.17, 15) is 14.4 Å². The van der Waals surface area contributed by atoms with Crippen LogP contribution in [0.15, 0.2) is 5.38 Å². The number of aromatic nitrogens is 1. The van der Waals surface area contributed by atoms with Crippen LogP contribution in [0.25, 0.3) is 0 Å². The standard InChI is InChI=1S/C10H10N2O3S/c1-5-3-8(14)12(9(5)15)10-11-7(4-16-10)6(2)13/h4-5H,3H2,1-2H3. The molecule has 5 nitrogen and oxygen atoms in total. The van der Waals surface area contributed by atoms with E-state index in [1.807, 2.05) is 0 Å². The van der Waals surface area contributed by atoms with Crippen molar-refractivity contribution in [3.63, 3.8) is 0 Å². The number of Topliss-reactive ketones (excluding diaryl/α,β-unsaturated/α-hetero) is 1. The molecule has 1 fully saturated rings. The Balaban J connectivity index is 2.33. The van der Waals surface area contributed by atoms with Gasteiger partial charge in [0.15, 0.2) is 10.9 Å². The smallest absolute Gasteiger partial charge is 0.238 e. The van der Waals surface area contributed by atoms with Gasteiger partial charge in [0.05, 0.1) is 0 Å². The van der Waals surface area contributed by atoms with Gasteiger partial charge in [0.25, 0.3) is 0 Å². The van der Waals surface area contributed by atoms with Crippen molar-refractivity contribution < 1.29 is 14.4 Å². The minimum Gasteiger partial charge on any atom is -0.293 e. The van der Waals surface area contributed by atoms with Crippen LogP contribution in [0, 0.1) is 5.92 Å². The maximum atomic E-state index is 11.7. The molecule has 1 unspecified atom stereocenters. The second kappa shape index (κ2) is 3.79. The summed E-state index contributed by atoms with van der Waals surface area (Å²) in [6, 6.07) is 0. The molecule has 1 atom stereocenters. The highest BCUT2D eigenvalue weighted by Gasteiger charge is 2.38. The van der Waals surface area contributed by atoms with Crippen molar-refractivity contribution in [1.82, 2.24) is 4.98 Å². The van der Waals surface area contributed by atoms with Gasteiger partial charge in [-0.2, -0.15) is 0 Å². The van der Waals surface area contributed by atoms with Gasteiger partial charge >= 0.3 is 0 Å². The predicted octanol–water partition coefficient (Wildman–Crippen LogP) is 1.25. The number of carbonyl (C=O) groups excluding carboxylic acids is 3. The van der Waals surface area contributed by atoms with E-state index in [0.717, 1.165) is 16.2 Å². The molecule has 84 valence electrons. The Morgan fingerprint density at radius 3 is 2.69 bits per heavy atom. The Kier molecular flexibility index (Phi) is 2.59. The van der Waals surface area contributed by atoms with Gasteiger partial charge in [-0.1, -0.05) is 6.92 Å². The van der Waals surface area contributed by atoms with Gasteiger partial charge < -0.3 is 0 Å². The number of imide groups is 1. The van der Waals surface area contributed by atoms with Crippen LogP contribution in [-0.4, -0.2) is 22.6 Å². The van der Waals surface area contributed by atoms with Crippen molar-refractivity contribution in [3.8, 4) is 0 Å². The highest BCUT2D eigenvalue weighted by molar-refractivity contribution is 7.14. The van der Waals surface area contributed by atoms with E-state index < -0.39 is 0 Å². The van der Waals surface area contributed by atoms with Crippen molar-refractivity contribution in [2.45, 2.75) is 20.3 Å². The number of anilines is 1. The average molecular weight is 238 g/mol. The molecule has 0 radical (unpaired) electrons. The Morgan fingerprint density at radius 2 is 2.25 bits per heavy atom. The van der Waals surface area contributed by atoms with Crippen molar-refractivity contribution in [2.24, 2.45) is 5.92 Å². The highest BCUT2D eigenvalue weighted by atomic mass is 32.1. The largest absolute Gasteiger partial charge is 0.293 e. The van der Waals surface area contributed by atoms with E-state index in [4.69, 9.17) is 0 Å². The summed E-state index contributed by atoms with van der Waals surface area (Å²) in [4.78, 5) is 39.4. The molecule has 0 aliphatic carbocycles. The molecule has 0 aromatic carbocycles. The van der Waals surface area contributed by atoms with E-state index in [1.165, 1.54) is 6.92 Å². The van der Waals surface area contributed by atoms with Crippen LogP contribution in [0.1, 0.15) is 30.8 Å². The van der Waals surface area contributed by atoms with Crippen LogP contribution in [0.3, 0.4) is 0 Å². The molecule has 0 bridgehead atoms. The van der Waals surface area contributed by atoms with E-state index in [1.54, 1.807) is 12.3 Å². The Morgan fingerprint density at radius 1 is 1.56 bits per heavy atom. The molecule has 1 aliphatic heterocycles. The number of ketones is 1. The number of hydrogen-bond acceptors (Lipinski definition) is 5. The zero-order valence-electron chi connectivity index (χ0n) is 8.89. The first kappa shape index (κ1) is 10.9. The molecule has 0 N–H and O–H groups in total. The van der Waals surface area contributed by atoms with Crippen LogP contribution < -0.4 is 4.90 Å². The van der Waals surface area contributed by atoms with E-state index >= 15 is 0 Å². The molecule has 1 saturated heterocycles. The van der Waals surface area contributed by atoms with Gasteiger partial charge in [0.1, 0.15) is 5.69 Å². The minimum atomic E-state index is -0.294. The molecule has 2 rings (SSSR count). The molecule has 1 aromatic rings. The second-order valence-electron chi connectivity index (χ2n) is 3.74. The molecule has 1 aromatic heterocycles. The van der Waals surface area contributed by atoms with Gasteiger partial charge in [0, 0.05) is 24.6 Å². The van der Waals surface area contributed by atoms with Crippen molar-refractivity contribution in [3.05, 3.63) is 11.1 Å². The predicted molar refractivity (Wildman–Crippen MR) is 58.4 cm³/mol. The fourth-order valence-electron chi connectivity index (χ4n) is 1.51. The number of nitrogens with zero attached hydrogens (tertiary/aromatic N) is 2. The maximum Gasteiger partial charge on any atom is 0.238 e. The monoisotopic (exact) mass is 238 g/mol. The number of amides is 2. The van der Waals surface area contributed by atoms with E-state index in [0.29, 0.717) is 10.8 Å². The first-order chi connectivity index (χ1) is 7.50. The van der Waals surface area contributed by atoms with Crippen molar-refractivity contribution in [2.75, 3.05) is 4.90 Å². The summed E-state index contributed by atoms with van der Waals surface area (Å²) in [5.41, 5.74) is 0.292. The van der Waals surface area contributed by atoms with Crippen LogP contribution in [-0.2, 0) is 9.59 Å². The normalized spacial score (nSPS) is 20.6. The number of hydrogen-bond donors (Lipinski definition) is 0. The third-order valence-electron chi connectivity index (χ3n) is 2.42. The zero-order valence-corrected chi connectivity index (χ0v) is 9.71. The quantitative estimate of drug-likeness (QED) is 0.574. The molecule has 16 heavy (non-hydrogen) atoms. The Hall–Kier alpha value is -1.56. The van der Waals surface area contributed by atoms with Crippen LogP contribution in [0.4, 0.5) is 5.13 Å². The lowest BCUT2D eigenvalue weighted by molar-refractivity contribution is -0.122. The third-order valence-corrected chi connectivity index (χ3v) is 3.24. The minimum absolute atomic E-state index is 0.172. The lowest BCUT2D eigenvalue weighted by Crippen LogP contribution is -2.29. The second-order valence-corrected chi connectivity index (χ2v) is 4.58. The maximum absolute atomic E-state index is 11.7. The van der Waals surface area contributed by atoms with Gasteiger partial charge in [-0.25, -0.2) is 9.88 Å². The van der Waals surface area contributed by atoms with E-state index in [2.05, 4.69) is 4.98 Å². The van der Waals surface area contributed by atoms with E-state index in [-0.39, 0.29) is 29.9 Å². The number of rotatable bonds is 2. The molecule has 0 spiro atoms. The Bertz CT molecular complexity index is 480. The molecule has 2 heterocycles. The summed E-state index contributed by atoms with van der Waals surface area (Å²) in [7, 11) is 0. The molecule has 2 amide bonds. The molecular weight excluding hydrogens is 228 g/mol. The molecule has 6 heteroatoms.